The summed E-state index contributed by atoms with van der Waals surface area (Å²) in [6.45, 7) is 4.25. The highest BCUT2D eigenvalue weighted by Crippen LogP contribution is 2.54. The smallest absolute Gasteiger partial charge is 0.162 e. The van der Waals surface area contributed by atoms with Crippen molar-refractivity contribution in [2.24, 2.45) is 10.4 Å². The van der Waals surface area contributed by atoms with E-state index >= 15 is 0 Å². The van der Waals surface area contributed by atoms with Gasteiger partial charge in [0.05, 0.1) is 11.2 Å². The van der Waals surface area contributed by atoms with Gasteiger partial charge in [0.15, 0.2) is 5.82 Å². The lowest BCUT2D eigenvalue weighted by Crippen LogP contribution is -2.32. The number of nitrogens with zero attached hydrogens (tertiary/aromatic N) is 3. The van der Waals surface area contributed by atoms with Gasteiger partial charge in [0, 0.05) is 5.41 Å². The molecular formula is C12H19N3OS. The van der Waals surface area contributed by atoms with E-state index in [0.717, 1.165) is 23.7 Å². The summed E-state index contributed by atoms with van der Waals surface area (Å²) in [6, 6.07) is 0. The van der Waals surface area contributed by atoms with Gasteiger partial charge in [0.1, 0.15) is 11.8 Å². The van der Waals surface area contributed by atoms with Crippen LogP contribution in [0, 0.1) is 5.41 Å². The number of aromatic nitrogens is 2. The van der Waals surface area contributed by atoms with Gasteiger partial charge < -0.3 is 5.11 Å². The Bertz CT molecular complexity index is 462. The number of hydrogen-bond donors (Lipinski definition) is 2. The van der Waals surface area contributed by atoms with Crippen LogP contribution in [0.25, 0.3) is 0 Å². The first-order valence-electron chi connectivity index (χ1n) is 6.17. The molecule has 1 aromatic rings. The molecular weight excluding hydrogens is 234 g/mol. The fourth-order valence-corrected chi connectivity index (χ4v) is 5.37. The highest BCUT2D eigenvalue weighted by molar-refractivity contribution is 8.29. The van der Waals surface area contributed by atoms with Crippen molar-refractivity contribution >= 4 is 21.9 Å². The third kappa shape index (κ3) is 1.64. The number of imidazole rings is 1. The Hall–Kier alpha value is -0.810. The second-order valence-electron chi connectivity index (χ2n) is 5.33. The topological polar surface area (TPSA) is 50.4 Å². The summed E-state index contributed by atoms with van der Waals surface area (Å²) in [5.41, 5.74) is -0.229. The van der Waals surface area contributed by atoms with E-state index in [-0.39, 0.29) is 10.9 Å². The molecule has 2 heterocycles. The Morgan fingerprint density at radius 2 is 2.18 bits per heavy atom. The van der Waals surface area contributed by atoms with Crippen molar-refractivity contribution in [1.29, 1.82) is 0 Å². The molecule has 1 aliphatic heterocycles. The standard InChI is InChI=1S/C12H19N3OS/c1-9-14-10-7-13-8-15(10)17(9)11(16)12(2)5-3-4-6-12/h7-8,11,16-17H,3-6H2,1-2H3/t11-/m0/s1. The van der Waals surface area contributed by atoms with Crippen LogP contribution in [0.3, 0.4) is 0 Å². The van der Waals surface area contributed by atoms with E-state index < -0.39 is 11.1 Å². The highest BCUT2D eigenvalue weighted by atomic mass is 32.2. The normalized spacial score (nSPS) is 30.1. The molecule has 17 heavy (non-hydrogen) atoms. The van der Waals surface area contributed by atoms with Crippen LogP contribution in [0.5, 0.6) is 0 Å². The lowest BCUT2D eigenvalue weighted by molar-refractivity contribution is 0.115. The van der Waals surface area contributed by atoms with E-state index in [4.69, 9.17) is 0 Å². The molecule has 1 unspecified atom stereocenters. The van der Waals surface area contributed by atoms with Gasteiger partial charge in [-0.05, 0) is 19.8 Å². The first-order chi connectivity index (χ1) is 8.12. The van der Waals surface area contributed by atoms with Gasteiger partial charge in [0.2, 0.25) is 0 Å². The maximum atomic E-state index is 10.7. The van der Waals surface area contributed by atoms with Crippen LogP contribution < -0.4 is 0 Å². The zero-order valence-electron chi connectivity index (χ0n) is 10.3. The molecule has 1 aliphatic carbocycles. The number of hydrogen-bond acceptors (Lipinski definition) is 3. The Labute approximate surface area is 104 Å². The molecule has 1 N–H and O–H groups in total. The number of aliphatic hydroxyl groups is 1. The minimum atomic E-state index is -0.746. The Balaban J connectivity index is 1.93. The van der Waals surface area contributed by atoms with Crippen molar-refractivity contribution in [1.82, 2.24) is 8.96 Å². The average Bonchev–Trinajstić information content (AvgIpc) is 2.93. The van der Waals surface area contributed by atoms with Crippen LogP contribution in [0.15, 0.2) is 17.5 Å². The van der Waals surface area contributed by atoms with E-state index in [1.54, 1.807) is 6.20 Å². The lowest BCUT2D eigenvalue weighted by Gasteiger charge is -2.37. The van der Waals surface area contributed by atoms with Gasteiger partial charge in [-0.3, -0.25) is 3.97 Å². The minimum Gasteiger partial charge on any atom is -0.382 e. The summed E-state index contributed by atoms with van der Waals surface area (Å²) in [5, 5.41) is 11.8. The molecule has 0 saturated heterocycles. The van der Waals surface area contributed by atoms with Crippen LogP contribution in [0.1, 0.15) is 39.5 Å². The number of aliphatic hydroxyl groups excluding tert-OH is 1. The quantitative estimate of drug-likeness (QED) is 0.796. The molecule has 0 radical (unpaired) electrons. The van der Waals surface area contributed by atoms with E-state index in [1.165, 1.54) is 12.8 Å². The third-order valence-electron chi connectivity index (χ3n) is 4.04. The van der Waals surface area contributed by atoms with E-state index in [9.17, 15) is 5.11 Å². The summed E-state index contributed by atoms with van der Waals surface area (Å²) < 4.78 is 2.07. The van der Waals surface area contributed by atoms with Crippen LogP contribution in [0.4, 0.5) is 5.82 Å². The molecule has 2 aliphatic rings. The largest absolute Gasteiger partial charge is 0.382 e. The summed E-state index contributed by atoms with van der Waals surface area (Å²) in [6.07, 6.45) is 8.32. The molecule has 2 atom stereocenters. The molecule has 0 amide bonds. The molecule has 4 nitrogen and oxygen atoms in total. The molecule has 3 rings (SSSR count). The van der Waals surface area contributed by atoms with Crippen LogP contribution in [-0.2, 0) is 0 Å². The van der Waals surface area contributed by atoms with Crippen molar-refractivity contribution in [2.75, 3.05) is 0 Å². The summed E-state index contributed by atoms with van der Waals surface area (Å²) >= 11 is -0.746. The summed E-state index contributed by atoms with van der Waals surface area (Å²) in [7, 11) is 0. The number of rotatable bonds is 2. The zero-order valence-corrected chi connectivity index (χ0v) is 11.2. The molecule has 1 fully saturated rings. The van der Waals surface area contributed by atoms with Crippen molar-refractivity contribution in [3.63, 3.8) is 0 Å². The van der Waals surface area contributed by atoms with Crippen molar-refractivity contribution in [2.45, 2.75) is 45.0 Å². The predicted octanol–water partition coefficient (Wildman–Crippen LogP) is 2.61. The Morgan fingerprint density at radius 3 is 2.88 bits per heavy atom. The van der Waals surface area contributed by atoms with Crippen LogP contribution >= 0.6 is 11.1 Å². The van der Waals surface area contributed by atoms with Gasteiger partial charge in [-0.15, -0.1) is 11.1 Å². The number of aliphatic imine (C=N–C) groups is 1. The van der Waals surface area contributed by atoms with Crippen LogP contribution in [-0.4, -0.2) is 24.5 Å². The molecule has 1 saturated carbocycles. The van der Waals surface area contributed by atoms with E-state index in [0.29, 0.717) is 0 Å². The molecule has 94 valence electrons. The van der Waals surface area contributed by atoms with Gasteiger partial charge in [-0.2, -0.15) is 0 Å². The number of fused-ring (bicyclic) bond motifs is 1. The summed E-state index contributed by atoms with van der Waals surface area (Å²) in [5.74, 6) is 0.897. The third-order valence-corrected chi connectivity index (χ3v) is 6.66. The fourth-order valence-electron chi connectivity index (χ4n) is 2.93. The van der Waals surface area contributed by atoms with Gasteiger partial charge >= 0.3 is 0 Å². The fraction of sp³-hybridized carbons (Fsp3) is 0.667. The molecule has 5 heteroatoms. The van der Waals surface area contributed by atoms with Crippen LogP contribution in [0.2, 0.25) is 0 Å². The second-order valence-corrected chi connectivity index (χ2v) is 7.59. The maximum absolute atomic E-state index is 10.7. The van der Waals surface area contributed by atoms with E-state index in [1.807, 2.05) is 13.3 Å². The summed E-state index contributed by atoms with van der Waals surface area (Å²) in [4.78, 5) is 8.62. The van der Waals surface area contributed by atoms with Gasteiger partial charge in [-0.25, -0.2) is 9.98 Å². The second kappa shape index (κ2) is 3.85. The maximum Gasteiger partial charge on any atom is 0.162 e. The van der Waals surface area contributed by atoms with E-state index in [2.05, 4.69) is 20.9 Å². The SMILES string of the molecule is CC1=Nc2cncn2[SH]1[C@H](O)C1(C)CCCC1. The zero-order chi connectivity index (χ0) is 12.0. The predicted molar refractivity (Wildman–Crippen MR) is 72.0 cm³/mol. The average molecular weight is 253 g/mol. The van der Waals surface area contributed by atoms with Crippen molar-refractivity contribution in [3.8, 4) is 0 Å². The Morgan fingerprint density at radius 1 is 1.47 bits per heavy atom. The molecule has 1 aromatic heterocycles. The molecule has 0 spiro atoms. The molecule has 0 aromatic carbocycles. The first-order valence-corrected chi connectivity index (χ1v) is 7.53. The van der Waals surface area contributed by atoms with Gasteiger partial charge in [0.25, 0.3) is 0 Å². The highest BCUT2D eigenvalue weighted by Gasteiger charge is 2.42. The van der Waals surface area contributed by atoms with Gasteiger partial charge in [-0.1, -0.05) is 19.8 Å². The van der Waals surface area contributed by atoms with Crippen molar-refractivity contribution in [3.05, 3.63) is 12.5 Å². The Kier molecular flexibility index (Phi) is 2.56. The first kappa shape index (κ1) is 11.3. The van der Waals surface area contributed by atoms with Crippen molar-refractivity contribution < 1.29 is 5.11 Å². The monoisotopic (exact) mass is 253 g/mol. The molecule has 0 bridgehead atoms. The minimum absolute atomic E-state index is 0.0639. The number of thiol groups is 1. The lowest BCUT2D eigenvalue weighted by atomic mass is 9.90.